The summed E-state index contributed by atoms with van der Waals surface area (Å²) >= 11 is 1.47. The average Bonchev–Trinajstić information content (AvgIpc) is 3.04. The minimum atomic E-state index is -5.25. The van der Waals surface area contributed by atoms with Gasteiger partial charge in [-0.25, -0.2) is 13.4 Å². The zero-order valence-electron chi connectivity index (χ0n) is 13.0. The first-order chi connectivity index (χ1) is 11.7. The molecule has 0 radical (unpaired) electrons. The Labute approximate surface area is 147 Å². The molecule has 0 amide bonds. The molecule has 1 aromatic heterocycles. The summed E-state index contributed by atoms with van der Waals surface area (Å²) in [5.74, 6) is -0.0350. The fourth-order valence-electron chi connectivity index (χ4n) is 2.75. The summed E-state index contributed by atoms with van der Waals surface area (Å²) in [5, 5.41) is 0.816. The van der Waals surface area contributed by atoms with Crippen molar-refractivity contribution in [2.45, 2.75) is 24.3 Å². The van der Waals surface area contributed by atoms with E-state index < -0.39 is 15.5 Å². The van der Waals surface area contributed by atoms with Gasteiger partial charge in [0.1, 0.15) is 0 Å². The molecule has 5 nitrogen and oxygen atoms in total. The predicted octanol–water partition coefficient (Wildman–Crippen LogP) is 3.42. The van der Waals surface area contributed by atoms with Crippen LogP contribution >= 0.6 is 11.3 Å². The third-order valence-corrected chi connectivity index (χ3v) is 6.99. The summed E-state index contributed by atoms with van der Waals surface area (Å²) in [5.41, 5.74) is 2.04. The zero-order chi connectivity index (χ0) is 18.2. The van der Waals surface area contributed by atoms with E-state index in [1.165, 1.54) is 11.3 Å². The summed E-state index contributed by atoms with van der Waals surface area (Å²) < 4.78 is 61.2. The van der Waals surface area contributed by atoms with Crippen LogP contribution in [0.2, 0.25) is 0 Å². The number of thiazole rings is 1. The third-order valence-electron chi connectivity index (χ3n) is 4.15. The first kappa shape index (κ1) is 18.2. The van der Waals surface area contributed by atoms with E-state index in [-0.39, 0.29) is 19.0 Å². The monoisotopic (exact) mass is 391 g/mol. The van der Waals surface area contributed by atoms with Gasteiger partial charge in [0.2, 0.25) is 0 Å². The fraction of sp³-hybridized carbons (Fsp3) is 0.400. The second kappa shape index (κ2) is 6.58. The molecule has 0 unspecified atom stereocenters. The van der Waals surface area contributed by atoms with Crippen molar-refractivity contribution in [1.82, 2.24) is 9.29 Å². The van der Waals surface area contributed by atoms with E-state index in [1.54, 1.807) is 18.3 Å². The van der Waals surface area contributed by atoms with E-state index in [2.05, 4.69) is 4.98 Å². The van der Waals surface area contributed by atoms with Gasteiger partial charge >= 0.3 is 15.5 Å². The summed E-state index contributed by atoms with van der Waals surface area (Å²) in [6, 6.07) is 7.33. The maximum Gasteiger partial charge on any atom is 0.511 e. The molecule has 1 fully saturated rings. The Kier molecular flexibility index (Phi) is 4.78. The lowest BCUT2D eigenvalue weighted by Gasteiger charge is -2.30. The maximum absolute atomic E-state index is 12.6. The number of alkyl halides is 3. The molecule has 2 N–H and O–H groups in total. The molecule has 0 saturated carbocycles. The van der Waals surface area contributed by atoms with Crippen LogP contribution in [0, 0.1) is 0 Å². The normalized spacial score (nSPS) is 17.7. The van der Waals surface area contributed by atoms with Crippen LogP contribution in [0.3, 0.4) is 0 Å². The summed E-state index contributed by atoms with van der Waals surface area (Å²) in [7, 11) is -5.24. The molecule has 10 heteroatoms. The Hall–Kier alpha value is -1.65. The van der Waals surface area contributed by atoms with Crippen molar-refractivity contribution in [1.29, 1.82) is 0 Å². The highest BCUT2D eigenvalue weighted by Crippen LogP contribution is 2.37. The number of piperidine rings is 1. The Bertz CT molecular complexity index is 840. The van der Waals surface area contributed by atoms with Gasteiger partial charge < -0.3 is 5.73 Å². The lowest BCUT2D eigenvalue weighted by molar-refractivity contribution is -0.0494. The van der Waals surface area contributed by atoms with Crippen LogP contribution in [0.15, 0.2) is 30.5 Å². The van der Waals surface area contributed by atoms with E-state index in [4.69, 9.17) is 5.73 Å². The molecule has 2 heterocycles. The van der Waals surface area contributed by atoms with E-state index in [0.717, 1.165) is 15.4 Å². The van der Waals surface area contributed by atoms with Gasteiger partial charge in [0.25, 0.3) is 0 Å². The molecular weight excluding hydrogens is 375 g/mol. The molecule has 136 valence electrons. The Morgan fingerprint density at radius 2 is 1.76 bits per heavy atom. The topological polar surface area (TPSA) is 76.3 Å². The number of anilines is 1. The van der Waals surface area contributed by atoms with Crippen LogP contribution in [0.5, 0.6) is 0 Å². The molecular formula is C15H16F3N3O2S2. The molecule has 1 aliphatic rings. The van der Waals surface area contributed by atoms with Crippen LogP contribution in [0.4, 0.5) is 18.9 Å². The molecule has 0 bridgehead atoms. The standard InChI is InChI=1S/C15H16F3N3O2S2/c16-15(17,18)25(22,23)21-7-5-11(6-8-21)14-20-9-13(24-14)10-1-3-12(19)4-2-10/h1-4,9,11H,5-8,19H2. The number of nitrogen functional groups attached to an aromatic ring is 1. The second-order valence-electron chi connectivity index (χ2n) is 5.81. The van der Waals surface area contributed by atoms with E-state index in [9.17, 15) is 21.6 Å². The maximum atomic E-state index is 12.6. The van der Waals surface area contributed by atoms with E-state index in [1.807, 2.05) is 12.1 Å². The number of halogens is 3. The van der Waals surface area contributed by atoms with Crippen LogP contribution in [-0.2, 0) is 10.0 Å². The van der Waals surface area contributed by atoms with E-state index >= 15 is 0 Å². The Morgan fingerprint density at radius 1 is 1.16 bits per heavy atom. The number of sulfonamides is 1. The lowest BCUT2D eigenvalue weighted by atomic mass is 9.99. The smallest absolute Gasteiger partial charge is 0.399 e. The molecule has 0 spiro atoms. The van der Waals surface area contributed by atoms with Crippen molar-refractivity contribution in [3.8, 4) is 10.4 Å². The van der Waals surface area contributed by atoms with Crippen molar-refractivity contribution < 1.29 is 21.6 Å². The first-order valence-corrected chi connectivity index (χ1v) is 9.82. The summed E-state index contributed by atoms with van der Waals surface area (Å²) in [4.78, 5) is 5.32. The van der Waals surface area contributed by atoms with Gasteiger partial charge in [-0.15, -0.1) is 11.3 Å². The SMILES string of the molecule is Nc1ccc(-c2cnc(C3CCN(S(=O)(=O)C(F)(F)F)CC3)s2)cc1. The number of hydrogen-bond acceptors (Lipinski definition) is 5. The largest absolute Gasteiger partial charge is 0.511 e. The van der Waals surface area contributed by atoms with Gasteiger partial charge in [0, 0.05) is 30.9 Å². The van der Waals surface area contributed by atoms with Gasteiger partial charge in [-0.2, -0.15) is 17.5 Å². The van der Waals surface area contributed by atoms with Crippen LogP contribution < -0.4 is 5.73 Å². The molecule has 1 aromatic carbocycles. The highest BCUT2D eigenvalue weighted by Gasteiger charge is 2.50. The fourth-order valence-corrected chi connectivity index (χ4v) is 4.82. The number of hydrogen-bond donors (Lipinski definition) is 1. The van der Waals surface area contributed by atoms with Crippen molar-refractivity contribution in [3.63, 3.8) is 0 Å². The molecule has 1 aliphatic heterocycles. The minimum Gasteiger partial charge on any atom is -0.399 e. The van der Waals surface area contributed by atoms with Crippen LogP contribution in [-0.4, -0.2) is 36.3 Å². The molecule has 3 rings (SSSR count). The molecule has 0 atom stereocenters. The Morgan fingerprint density at radius 3 is 2.32 bits per heavy atom. The number of nitrogens with zero attached hydrogens (tertiary/aromatic N) is 2. The second-order valence-corrected chi connectivity index (χ2v) is 8.80. The van der Waals surface area contributed by atoms with Gasteiger partial charge in [-0.05, 0) is 30.5 Å². The van der Waals surface area contributed by atoms with Gasteiger partial charge in [0.15, 0.2) is 0 Å². The van der Waals surface area contributed by atoms with Crippen LogP contribution in [0.1, 0.15) is 23.8 Å². The number of benzene rings is 1. The average molecular weight is 391 g/mol. The molecule has 2 aromatic rings. The lowest BCUT2D eigenvalue weighted by Crippen LogP contribution is -2.44. The number of nitrogens with two attached hydrogens (primary N) is 1. The Balaban J connectivity index is 1.69. The summed E-state index contributed by atoms with van der Waals surface area (Å²) in [6.45, 7) is -0.299. The minimum absolute atomic E-state index is 0.0350. The number of aromatic nitrogens is 1. The molecule has 1 saturated heterocycles. The van der Waals surface area contributed by atoms with Crippen molar-refractivity contribution in [3.05, 3.63) is 35.5 Å². The van der Waals surface area contributed by atoms with Crippen molar-refractivity contribution in [2.75, 3.05) is 18.8 Å². The van der Waals surface area contributed by atoms with Gasteiger partial charge in [-0.1, -0.05) is 12.1 Å². The zero-order valence-corrected chi connectivity index (χ0v) is 14.7. The van der Waals surface area contributed by atoms with Crippen molar-refractivity contribution >= 4 is 27.0 Å². The molecule has 0 aliphatic carbocycles. The highest BCUT2D eigenvalue weighted by atomic mass is 32.2. The summed E-state index contributed by atoms with van der Waals surface area (Å²) in [6.07, 6.45) is 2.37. The van der Waals surface area contributed by atoms with E-state index in [0.29, 0.717) is 22.8 Å². The highest BCUT2D eigenvalue weighted by molar-refractivity contribution is 7.90. The van der Waals surface area contributed by atoms with Gasteiger partial charge in [-0.3, -0.25) is 0 Å². The first-order valence-electron chi connectivity index (χ1n) is 7.56. The quantitative estimate of drug-likeness (QED) is 0.814. The third kappa shape index (κ3) is 3.65. The van der Waals surface area contributed by atoms with Crippen molar-refractivity contribution in [2.24, 2.45) is 0 Å². The molecule has 25 heavy (non-hydrogen) atoms. The van der Waals surface area contributed by atoms with Gasteiger partial charge in [0.05, 0.1) is 9.88 Å². The number of rotatable bonds is 3. The van der Waals surface area contributed by atoms with Crippen LogP contribution in [0.25, 0.3) is 10.4 Å². The predicted molar refractivity (Wildman–Crippen MR) is 90.5 cm³/mol.